The second-order valence-electron chi connectivity index (χ2n) is 11.7. The molecule has 1 saturated heterocycles. The molecule has 2 aromatic rings. The maximum Gasteiger partial charge on any atom is 0.414 e. The molecule has 37 heavy (non-hydrogen) atoms. The Morgan fingerprint density at radius 1 is 1.05 bits per heavy atom. The van der Waals surface area contributed by atoms with Crippen molar-refractivity contribution in [1.82, 2.24) is 20.6 Å². The first-order valence-corrected chi connectivity index (χ1v) is 13.5. The van der Waals surface area contributed by atoms with E-state index in [2.05, 4.69) is 25.5 Å². The molecule has 5 fully saturated rings. The quantitative estimate of drug-likeness (QED) is 0.551. The topological polar surface area (TPSA) is 117 Å². The predicted octanol–water partition coefficient (Wildman–Crippen LogP) is 3.36. The van der Waals surface area contributed by atoms with Crippen molar-refractivity contribution in [3.05, 3.63) is 47.8 Å². The number of pyridine rings is 2. The summed E-state index contributed by atoms with van der Waals surface area (Å²) in [5, 5.41) is 16.2. The molecule has 9 heteroatoms. The van der Waals surface area contributed by atoms with Crippen molar-refractivity contribution in [3.8, 4) is 5.88 Å². The summed E-state index contributed by atoms with van der Waals surface area (Å²) in [6.07, 6.45) is 6.93. The highest BCUT2D eigenvalue weighted by atomic mass is 16.6. The number of aromatic nitrogens is 2. The smallest absolute Gasteiger partial charge is 0.394 e. The van der Waals surface area contributed by atoms with E-state index in [0.717, 1.165) is 57.2 Å². The van der Waals surface area contributed by atoms with E-state index in [9.17, 15) is 14.7 Å². The summed E-state index contributed by atoms with van der Waals surface area (Å²) >= 11 is 0. The van der Waals surface area contributed by atoms with Crippen molar-refractivity contribution in [2.45, 2.75) is 75.4 Å². The molecule has 3 atom stereocenters. The van der Waals surface area contributed by atoms with Crippen LogP contribution in [0.5, 0.6) is 5.88 Å². The van der Waals surface area contributed by atoms with Crippen LogP contribution < -0.4 is 20.3 Å². The van der Waals surface area contributed by atoms with Gasteiger partial charge in [0.1, 0.15) is 11.5 Å². The Balaban J connectivity index is 1.15. The van der Waals surface area contributed by atoms with Crippen molar-refractivity contribution in [2.24, 2.45) is 11.8 Å². The van der Waals surface area contributed by atoms with Gasteiger partial charge in [0, 0.05) is 29.4 Å². The molecule has 3 heterocycles. The van der Waals surface area contributed by atoms with E-state index in [0.29, 0.717) is 29.8 Å². The number of amides is 2. The largest absolute Gasteiger partial charge is 0.414 e. The van der Waals surface area contributed by atoms with E-state index < -0.39 is 11.6 Å². The Bertz CT molecular complexity index is 1190. The van der Waals surface area contributed by atoms with Gasteiger partial charge in [0.2, 0.25) is 5.88 Å². The first kappa shape index (κ1) is 24.2. The molecule has 4 bridgehead atoms. The molecule has 4 saturated carbocycles. The zero-order valence-corrected chi connectivity index (χ0v) is 21.3. The number of rotatable bonds is 6. The standard InChI is InChI=1S/C28H35N5O4/c1-18-5-2-7-22(29-18)25(35)31-27-12-19-11-20(13-27)15-28(14-19,17-27)32-26(36)37-24-9-3-8-23(30-24)33-10-4-6-21(33)16-34/h2-3,5,7-9,19-21,34H,4,6,10-17H2,1H3,(H,31,35)(H,32,36)/t19?,20?,21-,27?,28?/m0/s1. The summed E-state index contributed by atoms with van der Waals surface area (Å²) in [5.41, 5.74) is 0.508. The van der Waals surface area contributed by atoms with E-state index in [4.69, 9.17) is 4.74 Å². The molecule has 9 nitrogen and oxygen atoms in total. The molecule has 3 N–H and O–H groups in total. The van der Waals surface area contributed by atoms with Gasteiger partial charge in [0.15, 0.2) is 0 Å². The van der Waals surface area contributed by atoms with Crippen LogP contribution in [0.1, 0.15) is 67.5 Å². The Morgan fingerprint density at radius 3 is 2.51 bits per heavy atom. The number of hydrogen-bond donors (Lipinski definition) is 3. The van der Waals surface area contributed by atoms with Gasteiger partial charge in [-0.15, -0.1) is 0 Å². The van der Waals surface area contributed by atoms with Crippen LogP contribution in [0.15, 0.2) is 36.4 Å². The molecule has 0 spiro atoms. The zero-order valence-electron chi connectivity index (χ0n) is 21.3. The van der Waals surface area contributed by atoms with Gasteiger partial charge >= 0.3 is 6.09 Å². The highest BCUT2D eigenvalue weighted by Gasteiger charge is 2.59. The highest BCUT2D eigenvalue weighted by Crippen LogP contribution is 2.57. The van der Waals surface area contributed by atoms with Crippen molar-refractivity contribution >= 4 is 17.8 Å². The van der Waals surface area contributed by atoms with Crippen LogP contribution in [0, 0.1) is 18.8 Å². The Kier molecular flexibility index (Phi) is 6.06. The number of aliphatic hydroxyl groups excluding tert-OH is 1. The van der Waals surface area contributed by atoms with Gasteiger partial charge in [0.05, 0.1) is 12.6 Å². The fourth-order valence-electron chi connectivity index (χ4n) is 7.81. The van der Waals surface area contributed by atoms with Gasteiger partial charge < -0.3 is 25.4 Å². The van der Waals surface area contributed by atoms with Crippen LogP contribution in [0.2, 0.25) is 0 Å². The summed E-state index contributed by atoms with van der Waals surface area (Å²) < 4.78 is 5.67. The van der Waals surface area contributed by atoms with Crippen LogP contribution >= 0.6 is 0 Å². The van der Waals surface area contributed by atoms with E-state index >= 15 is 0 Å². The van der Waals surface area contributed by atoms with Crippen LogP contribution in [0.25, 0.3) is 0 Å². The molecule has 2 amide bonds. The average Bonchev–Trinajstić information content (AvgIpc) is 3.32. The lowest BCUT2D eigenvalue weighted by Gasteiger charge is -2.61. The number of aryl methyl sites for hydroxylation is 1. The summed E-state index contributed by atoms with van der Waals surface area (Å²) in [6, 6.07) is 10.9. The average molecular weight is 506 g/mol. The van der Waals surface area contributed by atoms with Crippen molar-refractivity contribution in [2.75, 3.05) is 18.1 Å². The van der Waals surface area contributed by atoms with Gasteiger partial charge in [-0.05, 0) is 88.3 Å². The molecule has 5 aliphatic rings. The summed E-state index contributed by atoms with van der Waals surface area (Å²) in [4.78, 5) is 37.3. The van der Waals surface area contributed by atoms with Crippen molar-refractivity contribution in [3.63, 3.8) is 0 Å². The molecular weight excluding hydrogens is 470 g/mol. The third kappa shape index (κ3) is 4.77. The number of nitrogens with zero attached hydrogens (tertiary/aromatic N) is 3. The molecule has 7 rings (SSSR count). The highest BCUT2D eigenvalue weighted by molar-refractivity contribution is 5.93. The summed E-state index contributed by atoms with van der Waals surface area (Å²) in [7, 11) is 0. The number of nitrogens with one attached hydrogen (secondary N) is 2. The minimum Gasteiger partial charge on any atom is -0.394 e. The monoisotopic (exact) mass is 505 g/mol. The Morgan fingerprint density at radius 2 is 1.78 bits per heavy atom. The maximum absolute atomic E-state index is 13.1. The van der Waals surface area contributed by atoms with E-state index in [1.165, 1.54) is 0 Å². The molecule has 2 aromatic heterocycles. The second kappa shape index (κ2) is 9.28. The van der Waals surface area contributed by atoms with Gasteiger partial charge in [-0.1, -0.05) is 12.1 Å². The first-order valence-electron chi connectivity index (χ1n) is 13.5. The van der Waals surface area contributed by atoms with Gasteiger partial charge in [-0.2, -0.15) is 4.98 Å². The fraction of sp³-hybridized carbons (Fsp3) is 0.571. The van der Waals surface area contributed by atoms with Crippen LogP contribution in [-0.2, 0) is 0 Å². The first-order chi connectivity index (χ1) is 17.8. The van der Waals surface area contributed by atoms with Crippen molar-refractivity contribution < 1.29 is 19.4 Å². The van der Waals surface area contributed by atoms with Crippen LogP contribution in [0.3, 0.4) is 0 Å². The zero-order chi connectivity index (χ0) is 25.6. The molecule has 2 unspecified atom stereocenters. The van der Waals surface area contributed by atoms with E-state index in [1.807, 2.05) is 31.2 Å². The minimum atomic E-state index is -0.506. The number of anilines is 1. The second-order valence-corrected chi connectivity index (χ2v) is 11.7. The van der Waals surface area contributed by atoms with E-state index in [1.54, 1.807) is 12.1 Å². The van der Waals surface area contributed by atoms with Crippen LogP contribution in [0.4, 0.5) is 10.6 Å². The third-order valence-electron chi connectivity index (χ3n) is 8.72. The Labute approximate surface area is 217 Å². The summed E-state index contributed by atoms with van der Waals surface area (Å²) in [5.74, 6) is 1.73. The lowest BCUT2D eigenvalue weighted by atomic mass is 9.50. The van der Waals surface area contributed by atoms with Gasteiger partial charge in [0.25, 0.3) is 5.91 Å². The lowest BCUT2D eigenvalue weighted by Crippen LogP contribution is -2.70. The molecule has 4 aliphatic carbocycles. The number of hydrogen-bond acceptors (Lipinski definition) is 7. The number of carbonyl (C=O) groups is 2. The Hall–Kier alpha value is -3.20. The number of aliphatic hydroxyl groups is 1. The fourth-order valence-corrected chi connectivity index (χ4v) is 7.81. The number of carbonyl (C=O) groups excluding carboxylic acids is 2. The van der Waals surface area contributed by atoms with E-state index in [-0.39, 0.29) is 30.0 Å². The summed E-state index contributed by atoms with van der Waals surface area (Å²) in [6.45, 7) is 2.79. The number of ether oxygens (including phenoxy) is 1. The minimum absolute atomic E-state index is 0.0463. The molecule has 196 valence electrons. The normalized spacial score (nSPS) is 31.8. The van der Waals surface area contributed by atoms with Gasteiger partial charge in [-0.25, -0.2) is 9.78 Å². The predicted molar refractivity (Wildman–Crippen MR) is 137 cm³/mol. The van der Waals surface area contributed by atoms with Gasteiger partial charge in [-0.3, -0.25) is 4.79 Å². The molecule has 0 radical (unpaired) electrons. The third-order valence-corrected chi connectivity index (χ3v) is 8.72. The molecule has 0 aromatic carbocycles. The molecule has 1 aliphatic heterocycles. The van der Waals surface area contributed by atoms with Crippen LogP contribution in [-0.4, -0.2) is 57.3 Å². The SMILES string of the molecule is Cc1cccc(C(=O)NC23CC4CC(CC(NC(=O)Oc5cccc(N6CCC[C@H]6CO)n5)(C4)C2)C3)n1. The maximum atomic E-state index is 13.1. The molecular formula is C28H35N5O4. The lowest BCUT2D eigenvalue weighted by molar-refractivity contribution is -0.0450. The van der Waals surface area contributed by atoms with Crippen molar-refractivity contribution in [1.29, 1.82) is 0 Å².